The van der Waals surface area contributed by atoms with Crippen LogP contribution in [0, 0.1) is 0 Å². The third kappa shape index (κ3) is 1.96. The standard InChI is InChI=1S/C12H16N2/c1-2-7-13-9-11-8-10-5-3-4-6-12(10)14-11/h2-6,11,13-14H,1,7-9H2. The fraction of sp³-hybridized carbons (Fsp3) is 0.333. The number of benzene rings is 1. The number of rotatable bonds is 4. The van der Waals surface area contributed by atoms with E-state index in [1.807, 2.05) is 6.08 Å². The zero-order valence-corrected chi connectivity index (χ0v) is 8.29. The normalized spacial score (nSPS) is 18.7. The van der Waals surface area contributed by atoms with Crippen LogP contribution in [0.1, 0.15) is 5.56 Å². The van der Waals surface area contributed by atoms with Gasteiger partial charge < -0.3 is 10.6 Å². The van der Waals surface area contributed by atoms with Gasteiger partial charge in [-0.15, -0.1) is 6.58 Å². The summed E-state index contributed by atoms with van der Waals surface area (Å²) in [4.78, 5) is 0. The average Bonchev–Trinajstić information content (AvgIpc) is 2.60. The minimum Gasteiger partial charge on any atom is -0.380 e. The highest BCUT2D eigenvalue weighted by molar-refractivity contribution is 5.56. The van der Waals surface area contributed by atoms with Crippen molar-refractivity contribution < 1.29 is 0 Å². The monoisotopic (exact) mass is 188 g/mol. The van der Waals surface area contributed by atoms with Crippen molar-refractivity contribution >= 4 is 5.69 Å². The Morgan fingerprint density at radius 3 is 3.14 bits per heavy atom. The average molecular weight is 188 g/mol. The Kier molecular flexibility index (Phi) is 2.84. The van der Waals surface area contributed by atoms with Crippen LogP contribution in [0.2, 0.25) is 0 Å². The summed E-state index contributed by atoms with van der Waals surface area (Å²) in [7, 11) is 0. The lowest BCUT2D eigenvalue weighted by Gasteiger charge is -2.10. The second kappa shape index (κ2) is 4.29. The van der Waals surface area contributed by atoms with Gasteiger partial charge in [-0.1, -0.05) is 24.3 Å². The summed E-state index contributed by atoms with van der Waals surface area (Å²) in [6.07, 6.45) is 3.02. The molecule has 2 rings (SSSR count). The highest BCUT2D eigenvalue weighted by atomic mass is 15.0. The van der Waals surface area contributed by atoms with E-state index in [1.165, 1.54) is 11.3 Å². The molecule has 0 saturated carbocycles. The molecule has 14 heavy (non-hydrogen) atoms. The summed E-state index contributed by atoms with van der Waals surface area (Å²) in [5.41, 5.74) is 2.72. The van der Waals surface area contributed by atoms with E-state index in [0.29, 0.717) is 6.04 Å². The summed E-state index contributed by atoms with van der Waals surface area (Å²) in [6, 6.07) is 9.04. The molecule has 0 saturated heterocycles. The number of para-hydroxylation sites is 1. The molecule has 0 aromatic heterocycles. The van der Waals surface area contributed by atoms with Gasteiger partial charge in [-0.05, 0) is 18.1 Å². The van der Waals surface area contributed by atoms with Gasteiger partial charge in [0, 0.05) is 24.8 Å². The number of fused-ring (bicyclic) bond motifs is 1. The molecule has 2 heteroatoms. The molecular weight excluding hydrogens is 172 g/mol. The SMILES string of the molecule is C=CCNCC1Cc2ccccc2N1. The maximum absolute atomic E-state index is 3.68. The summed E-state index contributed by atoms with van der Waals surface area (Å²) < 4.78 is 0. The largest absolute Gasteiger partial charge is 0.380 e. The van der Waals surface area contributed by atoms with Gasteiger partial charge in [0.1, 0.15) is 0 Å². The third-order valence-electron chi connectivity index (χ3n) is 2.52. The quantitative estimate of drug-likeness (QED) is 0.556. The van der Waals surface area contributed by atoms with Crippen LogP contribution in [0.25, 0.3) is 0 Å². The summed E-state index contributed by atoms with van der Waals surface area (Å²) in [5, 5.41) is 6.83. The van der Waals surface area contributed by atoms with Crippen LogP contribution in [-0.2, 0) is 6.42 Å². The number of nitrogens with one attached hydrogen (secondary N) is 2. The summed E-state index contributed by atoms with van der Waals surface area (Å²) in [5.74, 6) is 0. The Morgan fingerprint density at radius 2 is 2.36 bits per heavy atom. The van der Waals surface area contributed by atoms with Crippen LogP contribution >= 0.6 is 0 Å². The second-order valence-electron chi connectivity index (χ2n) is 3.65. The molecule has 2 N–H and O–H groups in total. The van der Waals surface area contributed by atoms with Gasteiger partial charge in [-0.25, -0.2) is 0 Å². The van der Waals surface area contributed by atoms with E-state index in [9.17, 15) is 0 Å². The topological polar surface area (TPSA) is 24.1 Å². The van der Waals surface area contributed by atoms with E-state index in [1.54, 1.807) is 0 Å². The fourth-order valence-corrected chi connectivity index (χ4v) is 1.86. The van der Waals surface area contributed by atoms with Crippen LogP contribution in [0.5, 0.6) is 0 Å². The molecular formula is C12H16N2. The second-order valence-corrected chi connectivity index (χ2v) is 3.65. The lowest BCUT2D eigenvalue weighted by Crippen LogP contribution is -2.31. The molecule has 1 aromatic carbocycles. The van der Waals surface area contributed by atoms with Crippen LogP contribution < -0.4 is 10.6 Å². The maximum Gasteiger partial charge on any atom is 0.0427 e. The highest BCUT2D eigenvalue weighted by Crippen LogP contribution is 2.24. The van der Waals surface area contributed by atoms with Crippen molar-refractivity contribution in [1.82, 2.24) is 5.32 Å². The molecule has 0 fully saturated rings. The maximum atomic E-state index is 3.68. The van der Waals surface area contributed by atoms with Gasteiger partial charge >= 0.3 is 0 Å². The smallest absolute Gasteiger partial charge is 0.0427 e. The molecule has 0 amide bonds. The lowest BCUT2D eigenvalue weighted by atomic mass is 10.1. The molecule has 1 unspecified atom stereocenters. The summed E-state index contributed by atoms with van der Waals surface area (Å²) >= 11 is 0. The molecule has 0 radical (unpaired) electrons. The molecule has 1 aromatic rings. The molecule has 74 valence electrons. The third-order valence-corrected chi connectivity index (χ3v) is 2.52. The first-order chi connectivity index (χ1) is 6.90. The van der Waals surface area contributed by atoms with Gasteiger partial charge in [0.2, 0.25) is 0 Å². The molecule has 2 nitrogen and oxygen atoms in total. The van der Waals surface area contributed by atoms with Crippen LogP contribution in [0.15, 0.2) is 36.9 Å². The number of hydrogen-bond donors (Lipinski definition) is 2. The minimum absolute atomic E-state index is 0.535. The highest BCUT2D eigenvalue weighted by Gasteiger charge is 2.18. The molecule has 0 spiro atoms. The zero-order valence-electron chi connectivity index (χ0n) is 8.29. The van der Waals surface area contributed by atoms with E-state index in [0.717, 1.165) is 19.5 Å². The van der Waals surface area contributed by atoms with Crippen molar-refractivity contribution in [2.24, 2.45) is 0 Å². The van der Waals surface area contributed by atoms with Crippen LogP contribution in [-0.4, -0.2) is 19.1 Å². The Morgan fingerprint density at radius 1 is 1.50 bits per heavy atom. The predicted octanol–water partition coefficient (Wildman–Crippen LogP) is 1.80. The van der Waals surface area contributed by atoms with Crippen molar-refractivity contribution in [1.29, 1.82) is 0 Å². The van der Waals surface area contributed by atoms with Crippen LogP contribution in [0.3, 0.4) is 0 Å². The van der Waals surface area contributed by atoms with Crippen LogP contribution in [0.4, 0.5) is 5.69 Å². The van der Waals surface area contributed by atoms with Gasteiger partial charge in [-0.2, -0.15) is 0 Å². The molecule has 0 aliphatic carbocycles. The molecule has 1 atom stereocenters. The van der Waals surface area contributed by atoms with Gasteiger partial charge in [-0.3, -0.25) is 0 Å². The first kappa shape index (κ1) is 9.28. The zero-order chi connectivity index (χ0) is 9.80. The van der Waals surface area contributed by atoms with Gasteiger partial charge in [0.05, 0.1) is 0 Å². The molecule has 1 aliphatic rings. The van der Waals surface area contributed by atoms with Crippen molar-refractivity contribution in [2.75, 3.05) is 18.4 Å². The first-order valence-electron chi connectivity index (χ1n) is 5.06. The van der Waals surface area contributed by atoms with Crippen molar-refractivity contribution in [2.45, 2.75) is 12.5 Å². The Labute approximate surface area is 85.0 Å². The van der Waals surface area contributed by atoms with Crippen molar-refractivity contribution in [3.63, 3.8) is 0 Å². The Bertz CT molecular complexity index is 295. The molecule has 1 aliphatic heterocycles. The van der Waals surface area contributed by atoms with Gasteiger partial charge in [0.25, 0.3) is 0 Å². The van der Waals surface area contributed by atoms with E-state index in [-0.39, 0.29) is 0 Å². The van der Waals surface area contributed by atoms with E-state index in [4.69, 9.17) is 0 Å². The Balaban J connectivity index is 1.88. The Hall–Kier alpha value is -1.28. The fourth-order valence-electron chi connectivity index (χ4n) is 1.86. The van der Waals surface area contributed by atoms with Gasteiger partial charge in [0.15, 0.2) is 0 Å². The van der Waals surface area contributed by atoms with E-state index < -0.39 is 0 Å². The van der Waals surface area contributed by atoms with E-state index >= 15 is 0 Å². The number of hydrogen-bond acceptors (Lipinski definition) is 2. The number of anilines is 1. The van der Waals surface area contributed by atoms with Crippen molar-refractivity contribution in [3.05, 3.63) is 42.5 Å². The molecule has 0 bridgehead atoms. The summed E-state index contributed by atoms with van der Waals surface area (Å²) in [6.45, 7) is 5.57. The predicted molar refractivity (Wildman–Crippen MR) is 60.6 cm³/mol. The van der Waals surface area contributed by atoms with Crippen molar-refractivity contribution in [3.8, 4) is 0 Å². The first-order valence-corrected chi connectivity index (χ1v) is 5.06. The minimum atomic E-state index is 0.535. The molecule has 1 heterocycles. The van der Waals surface area contributed by atoms with E-state index in [2.05, 4.69) is 41.5 Å². The lowest BCUT2D eigenvalue weighted by molar-refractivity contribution is 0.649.